The number of primary amides is 1. The predicted octanol–water partition coefficient (Wildman–Crippen LogP) is 7.34. The number of carbonyl (C=O) groups excluding carboxylic acids is 13. The number of hydrogen-bond acceptors (Lipinski definition) is 28. The molecule has 23 N–H and O–H groups in total. The number of carboxylic acids is 1. The zero-order valence-corrected chi connectivity index (χ0v) is 92.5. The van der Waals surface area contributed by atoms with Crippen LogP contribution in [0.25, 0.3) is 0 Å². The molecule has 4 unspecified atom stereocenters. The molecule has 848 valence electrons. The van der Waals surface area contributed by atoms with E-state index in [1.165, 1.54) is 63.2 Å². The fraction of sp³-hybridized carbons (Fsp3) is 0.654. The molecule has 0 spiro atoms. The van der Waals surface area contributed by atoms with Crippen LogP contribution in [0, 0.1) is 0 Å². The Bertz CT molecular complexity index is 4850. The highest BCUT2D eigenvalue weighted by Gasteiger charge is 2.56. The van der Waals surface area contributed by atoms with Gasteiger partial charge in [0.25, 0.3) is 0 Å². The number of rotatable bonds is 73. The smallest absolute Gasteiger partial charge is 0.480 e. The first kappa shape index (κ1) is 136. The maximum Gasteiger partial charge on any atom is 0.483 e. The van der Waals surface area contributed by atoms with E-state index in [0.29, 0.717) is 18.4 Å². The first-order valence-electron chi connectivity index (χ1n) is 51.3. The molecule has 13 amide bonds. The van der Waals surface area contributed by atoms with Crippen molar-refractivity contribution in [3.63, 3.8) is 0 Å². The number of hydrogen-bond donors (Lipinski definition) is 21. The van der Waals surface area contributed by atoms with Gasteiger partial charge in [0.15, 0.2) is 12.6 Å². The lowest BCUT2D eigenvalue weighted by atomic mass is 9.94. The van der Waals surface area contributed by atoms with Gasteiger partial charge in [0.1, 0.15) is 85.0 Å². The summed E-state index contributed by atoms with van der Waals surface area (Å²) in [5.41, 5.74) is 25.3. The summed E-state index contributed by atoms with van der Waals surface area (Å²) in [6.45, 7) is 26.8. The number of allylic oxidation sites excluding steroid dienone is 21. The van der Waals surface area contributed by atoms with Crippen LogP contribution in [0.3, 0.4) is 0 Å². The van der Waals surface area contributed by atoms with Gasteiger partial charge < -0.3 is 130 Å². The number of phosphoric acid groups is 2. The molecule has 46 heteroatoms. The lowest BCUT2D eigenvalue weighted by Gasteiger charge is -2.49. The molecule has 0 aromatic carbocycles. The molecule has 0 radical (unpaired) electrons. The molecule has 2 heterocycles. The second kappa shape index (κ2) is 73.8. The highest BCUT2D eigenvalue weighted by atomic mass is 31.3. The molecule has 0 aromatic rings. The second-order valence-electron chi connectivity index (χ2n) is 38.6. The summed E-state index contributed by atoms with van der Waals surface area (Å²) in [6, 6.07) is -11.8. The van der Waals surface area contributed by atoms with E-state index in [-0.39, 0.29) is 32.4 Å². The molecule has 0 aromatic heterocycles. The number of ether oxygens (including phenoxy) is 4. The molecule has 18 atom stereocenters. The van der Waals surface area contributed by atoms with E-state index in [4.69, 9.17) is 43.8 Å². The van der Waals surface area contributed by atoms with Crippen LogP contribution in [0.5, 0.6) is 0 Å². The third-order valence-electron chi connectivity index (χ3n) is 24.3. The van der Waals surface area contributed by atoms with Crippen molar-refractivity contribution >= 4 is 98.4 Å². The van der Waals surface area contributed by atoms with Crippen molar-refractivity contribution in [3.8, 4) is 0 Å². The molecule has 0 bridgehead atoms. The van der Waals surface area contributed by atoms with Crippen LogP contribution in [0.4, 0.5) is 0 Å². The number of aliphatic hydroxyl groups excluding tert-OH is 4. The Morgan fingerprint density at radius 2 is 0.733 bits per heavy atom. The van der Waals surface area contributed by atoms with Crippen LogP contribution in [-0.2, 0) is 109 Å². The Morgan fingerprint density at radius 3 is 1.12 bits per heavy atom. The monoisotopic (exact) mass is 2160 g/mol. The molecular formula is C104H172N14O30P2. The topological polar surface area (TPSA) is 676 Å². The van der Waals surface area contributed by atoms with Crippen LogP contribution < -0.4 is 75.3 Å². The number of nitrogens with one attached hydrogen (secondary N) is 12. The normalized spacial score (nSPS) is 20.8. The van der Waals surface area contributed by atoms with Gasteiger partial charge in [0.2, 0.25) is 76.8 Å². The van der Waals surface area contributed by atoms with E-state index in [1.807, 2.05) is 6.92 Å². The highest BCUT2D eigenvalue weighted by Crippen LogP contribution is 2.61. The molecule has 150 heavy (non-hydrogen) atoms. The minimum absolute atomic E-state index is 0.000770. The van der Waals surface area contributed by atoms with Gasteiger partial charge in [-0.2, -0.15) is 4.31 Å². The molecule has 0 saturated carbocycles. The number of amides is 13. The third-order valence-corrected chi connectivity index (χ3v) is 26.9. The van der Waals surface area contributed by atoms with Gasteiger partial charge in [0.05, 0.1) is 52.5 Å². The summed E-state index contributed by atoms with van der Waals surface area (Å²) in [5.74, 6) is -13.5. The van der Waals surface area contributed by atoms with E-state index < -0.39 is 255 Å². The van der Waals surface area contributed by atoms with Crippen LogP contribution in [-0.4, -0.2) is 275 Å². The van der Waals surface area contributed by atoms with Gasteiger partial charge >= 0.3 is 21.6 Å². The average Bonchev–Trinajstić information content (AvgIpc) is 0.763. The van der Waals surface area contributed by atoms with Gasteiger partial charge in [-0.3, -0.25) is 76.2 Å². The zero-order valence-electron chi connectivity index (χ0n) is 90.7. The van der Waals surface area contributed by atoms with Crippen LogP contribution in [0.1, 0.15) is 285 Å². The number of aliphatic carboxylic acids is 1. The summed E-state index contributed by atoms with van der Waals surface area (Å²) in [4.78, 5) is 202. The number of carbonyl (C=O) groups is 14. The number of carboxylic acid groups (broad SMARTS) is 1. The second-order valence-corrected chi connectivity index (χ2v) is 41.6. The third kappa shape index (κ3) is 60.2. The minimum Gasteiger partial charge on any atom is -0.480 e. The van der Waals surface area contributed by atoms with Gasteiger partial charge in [-0.25, -0.2) is 9.13 Å². The van der Waals surface area contributed by atoms with Crippen molar-refractivity contribution in [1.82, 2.24) is 63.8 Å². The molecule has 2 aliphatic heterocycles. The standard InChI is InChI=1S/C104H172N14O30P2/c1-64(2)31-21-32-65(3)33-22-34-66(4)35-23-36-67(5)37-24-38-68(6)39-25-40-69(7)41-26-42-70(8)43-27-44-71(9)45-28-46-72(10)47-29-48-73(11)49-30-50-74(12)54-56-142-149(138,139)148-150(140,141)147-104-92(116-80(18)122)96(95(84(63-120)145-104)146-103-91(115-79(17)121)94(130)93(129)83(62-119)144-103)143-78(16)99(133)112-76(14)98(132)117-82(52-53-85(106)123)101(135)118-81(100(134)113-75(13)97(131)114-77(15)102(136)137)51-19-20-55-107-87(125)58-109-89(127)60-111-90(128)61-110-88(126)59-108-86(124)57-105/h31,33,35,37,39,41,43,45,47,49,54,75-78,81-84,91-96,103-104,119-120,129-130H,19-30,32,34,36,38,40,42,44,46,48,50-53,55-63,105H2,1-18H3,(H2,106,123)(H,107,125)(H,108,124)(H,109,127)(H,110,126)(H,111,128)(H,112,133)(H,113,134)(H,114,131)(H,115,121)(H,116,122)(H,117,132)(H,118,135)(H,136,137)(H,138,139)(H,140,141)/b65-33+,66-35+,67-37+,68-39+,69-41+,70-43+,71-45+,72-47+,73-49+,74-54+/t75-,76+,77-,78?,81+,82-,83-,84-,91-,92-,93-,94-,95-,96-,103+,104?/m1/s1. The fourth-order valence-electron chi connectivity index (χ4n) is 15.3. The predicted molar refractivity (Wildman–Crippen MR) is 566 cm³/mol. The van der Waals surface area contributed by atoms with Crippen molar-refractivity contribution in [2.75, 3.05) is 59.1 Å². The van der Waals surface area contributed by atoms with Crippen molar-refractivity contribution in [2.45, 2.75) is 383 Å². The lowest BCUT2D eigenvalue weighted by Crippen LogP contribution is -2.70. The summed E-state index contributed by atoms with van der Waals surface area (Å²) in [5, 5.41) is 80.6. The summed E-state index contributed by atoms with van der Waals surface area (Å²) < 4.78 is 66.8. The number of nitrogens with two attached hydrogens (primary N) is 2. The summed E-state index contributed by atoms with van der Waals surface area (Å²) >= 11 is 0. The molecule has 2 fully saturated rings. The van der Waals surface area contributed by atoms with Crippen molar-refractivity contribution in [2.24, 2.45) is 11.5 Å². The van der Waals surface area contributed by atoms with E-state index in [0.717, 1.165) is 156 Å². The Labute approximate surface area is 883 Å². The Balaban J connectivity index is 2.21. The zero-order chi connectivity index (χ0) is 113. The molecule has 2 rings (SSSR count). The summed E-state index contributed by atoms with van der Waals surface area (Å²) in [6.07, 6.45) is 25.3. The summed E-state index contributed by atoms with van der Waals surface area (Å²) in [7, 11) is -11.6. The van der Waals surface area contributed by atoms with Crippen molar-refractivity contribution < 1.29 is 144 Å². The number of phosphoric ester groups is 2. The number of unbranched alkanes of at least 4 members (excludes halogenated alkanes) is 1. The van der Waals surface area contributed by atoms with Crippen LogP contribution >= 0.6 is 15.6 Å². The molecular weight excluding hydrogens is 1990 g/mol. The van der Waals surface area contributed by atoms with E-state index in [1.54, 1.807) is 6.92 Å². The average molecular weight is 2160 g/mol. The maximum atomic E-state index is 14.4. The minimum atomic E-state index is -6.01. The lowest BCUT2D eigenvalue weighted by molar-refractivity contribution is -0.331. The van der Waals surface area contributed by atoms with E-state index in [2.05, 4.69) is 194 Å². The maximum absolute atomic E-state index is 14.4. The molecule has 2 saturated heterocycles. The van der Waals surface area contributed by atoms with Crippen molar-refractivity contribution in [3.05, 3.63) is 128 Å². The highest BCUT2D eigenvalue weighted by molar-refractivity contribution is 7.61. The van der Waals surface area contributed by atoms with Crippen LogP contribution in [0.2, 0.25) is 0 Å². The SMILES string of the molecule is CC(=O)N[C@H]1[C@H](O[C@H]2[C@H](OC(C)C(=O)N[C@@H](C)C(=O)N[C@H](CCC(N)=O)C(=O)N[C@@H](CCCCNC(=O)CNC(=O)CNC(=O)CNC(=O)CNC(=O)CN)C(=O)N[C@H](C)C(=O)N[C@H](C)C(=O)O)[C@@H](NC(C)=O)C(OP(=O)(O)OP(=O)(O)OC/C=C(\C)CC/C=C(\C)CC/C=C(\C)CC/C=C(\C)CC/C=C(\C)CC/C=C(\C)CC/C=C(\C)CC/C=C(\C)CC/C=C(\C)CC/C=C(\C)CCC=C(C)C)O[C@@H]2CO)O[C@H](CO)[C@@H](O)[C@@H]1O. The van der Waals surface area contributed by atoms with Gasteiger partial charge in [0, 0.05) is 26.8 Å². The fourth-order valence-corrected chi connectivity index (χ4v) is 17.4. The van der Waals surface area contributed by atoms with E-state index >= 15 is 0 Å². The molecule has 0 aliphatic carbocycles. The Hall–Kier alpha value is -10.4. The first-order valence-corrected chi connectivity index (χ1v) is 54.3. The van der Waals surface area contributed by atoms with Crippen LogP contribution in [0.15, 0.2) is 128 Å². The quantitative estimate of drug-likeness (QED) is 0.0161. The van der Waals surface area contributed by atoms with Gasteiger partial charge in [-0.1, -0.05) is 128 Å². The van der Waals surface area contributed by atoms with E-state index in [9.17, 15) is 112 Å². The molecule has 44 nitrogen and oxygen atoms in total. The van der Waals surface area contributed by atoms with Gasteiger partial charge in [-0.15, -0.1) is 0 Å². The first-order chi connectivity index (χ1) is 70.6. The largest absolute Gasteiger partial charge is 0.483 e. The molecule has 2 aliphatic rings. The Kier molecular flexibility index (Phi) is 66.7. The number of aliphatic hydroxyl groups is 4. The van der Waals surface area contributed by atoms with Crippen molar-refractivity contribution in [1.29, 1.82) is 0 Å². The van der Waals surface area contributed by atoms with Gasteiger partial charge in [-0.05, 0) is 265 Å². The Morgan fingerprint density at radius 1 is 0.387 bits per heavy atom.